The molecule has 5 nitrogen and oxygen atoms in total. The molecule has 134 valence electrons. The maximum Gasteiger partial charge on any atom is 0.121 e. The summed E-state index contributed by atoms with van der Waals surface area (Å²) in [6.07, 6.45) is 0. The molecule has 2 N–H and O–H groups in total. The van der Waals surface area contributed by atoms with Gasteiger partial charge in [0.1, 0.15) is 24.7 Å². The quantitative estimate of drug-likeness (QED) is 0.477. The Morgan fingerprint density at radius 1 is 0.760 bits per heavy atom. The minimum absolute atomic E-state index is 0. The third-order valence-electron chi connectivity index (χ3n) is 3.80. The molecule has 0 unspecified atom stereocenters. The van der Waals surface area contributed by atoms with Crippen molar-refractivity contribution in [1.29, 1.82) is 0 Å². The second kappa shape index (κ2) is 9.42. The molecule has 0 spiro atoms. The number of pyridine rings is 1. The van der Waals surface area contributed by atoms with Gasteiger partial charge in [-0.1, -0.05) is 0 Å². The number of halogens is 1. The second-order valence-corrected chi connectivity index (χ2v) is 5.60. The number of nitrogens with zero attached hydrogens (tertiary/aromatic N) is 1. The predicted octanol–water partition coefficient (Wildman–Crippen LogP) is 3.01. The molecule has 1 heterocycles. The summed E-state index contributed by atoms with van der Waals surface area (Å²) in [7, 11) is 3.82. The molecule has 0 bridgehead atoms. The molecule has 0 radical (unpaired) electrons. The Hall–Kier alpha value is -2.08. The maximum atomic E-state index is 5.72. The van der Waals surface area contributed by atoms with Crippen LogP contribution in [0.15, 0.2) is 42.5 Å². The second-order valence-electron chi connectivity index (χ2n) is 5.60. The molecular weight excluding hydrogens is 338 g/mol. The summed E-state index contributed by atoms with van der Waals surface area (Å²) < 4.78 is 11.4. The number of aromatic nitrogens is 1. The SMILES string of the molecule is CNCCOc1ccc2cc3ccc(OCCNC)cc3nc2c1.Cl. The van der Waals surface area contributed by atoms with Gasteiger partial charge < -0.3 is 20.1 Å². The molecule has 6 heteroatoms. The molecule has 0 aliphatic rings. The normalized spacial score (nSPS) is 10.6. The van der Waals surface area contributed by atoms with Crippen molar-refractivity contribution in [2.24, 2.45) is 0 Å². The van der Waals surface area contributed by atoms with E-state index in [0.29, 0.717) is 13.2 Å². The fraction of sp³-hybridized carbons (Fsp3) is 0.316. The molecule has 2 aromatic carbocycles. The van der Waals surface area contributed by atoms with E-state index >= 15 is 0 Å². The summed E-state index contributed by atoms with van der Waals surface area (Å²) in [6, 6.07) is 14.2. The minimum Gasteiger partial charge on any atom is -0.492 e. The van der Waals surface area contributed by atoms with Gasteiger partial charge in [-0.2, -0.15) is 0 Å². The average Bonchev–Trinajstić information content (AvgIpc) is 2.60. The standard InChI is InChI=1S/C19H23N3O2.ClH/c1-20-7-9-23-16-5-3-14-11-15-4-6-17(24-10-8-21-2)13-19(15)22-18(14)12-16;/h3-6,11-13,20-21H,7-10H2,1-2H3;1H. The van der Waals surface area contributed by atoms with E-state index in [9.17, 15) is 0 Å². The molecule has 0 atom stereocenters. The van der Waals surface area contributed by atoms with Crippen LogP contribution in [-0.2, 0) is 0 Å². The number of fused-ring (bicyclic) bond motifs is 2. The Morgan fingerprint density at radius 3 is 1.68 bits per heavy atom. The third-order valence-corrected chi connectivity index (χ3v) is 3.80. The van der Waals surface area contributed by atoms with Crippen molar-refractivity contribution in [3.63, 3.8) is 0 Å². The summed E-state index contributed by atoms with van der Waals surface area (Å²) in [4.78, 5) is 4.76. The molecule has 0 fully saturated rings. The Kier molecular flexibility index (Phi) is 7.25. The summed E-state index contributed by atoms with van der Waals surface area (Å²) in [6.45, 7) is 2.91. The van der Waals surface area contributed by atoms with Crippen LogP contribution in [0.2, 0.25) is 0 Å². The Balaban J connectivity index is 0.00000225. The zero-order valence-corrected chi connectivity index (χ0v) is 15.4. The first-order chi connectivity index (χ1) is 11.8. The number of nitrogens with one attached hydrogen (secondary N) is 2. The number of ether oxygens (including phenoxy) is 2. The summed E-state index contributed by atoms with van der Waals surface area (Å²) in [5.74, 6) is 1.68. The van der Waals surface area contributed by atoms with Crippen molar-refractivity contribution in [3.8, 4) is 11.5 Å². The first kappa shape index (κ1) is 19.2. The summed E-state index contributed by atoms with van der Waals surface area (Å²) >= 11 is 0. The van der Waals surface area contributed by atoms with Crippen LogP contribution in [0.3, 0.4) is 0 Å². The van der Waals surface area contributed by atoms with Crippen molar-refractivity contribution >= 4 is 34.2 Å². The van der Waals surface area contributed by atoms with Crippen LogP contribution < -0.4 is 20.1 Å². The number of likely N-dealkylation sites (N-methyl/N-ethyl adjacent to an activating group) is 2. The van der Waals surface area contributed by atoms with Crippen molar-refractivity contribution in [2.75, 3.05) is 40.4 Å². The van der Waals surface area contributed by atoms with E-state index in [4.69, 9.17) is 14.5 Å². The highest BCUT2D eigenvalue weighted by Gasteiger charge is 2.04. The van der Waals surface area contributed by atoms with Crippen molar-refractivity contribution < 1.29 is 9.47 Å². The molecule has 0 amide bonds. The van der Waals surface area contributed by atoms with Gasteiger partial charge in [-0.25, -0.2) is 4.98 Å². The summed E-state index contributed by atoms with van der Waals surface area (Å²) in [5.41, 5.74) is 1.86. The molecule has 1 aromatic heterocycles. The minimum atomic E-state index is 0. The fourth-order valence-corrected chi connectivity index (χ4v) is 2.50. The zero-order chi connectivity index (χ0) is 16.8. The van der Waals surface area contributed by atoms with Gasteiger partial charge in [0.05, 0.1) is 11.0 Å². The van der Waals surface area contributed by atoms with E-state index in [1.165, 1.54) is 0 Å². The van der Waals surface area contributed by atoms with Gasteiger partial charge in [0, 0.05) is 36.0 Å². The highest BCUT2D eigenvalue weighted by Crippen LogP contribution is 2.26. The topological polar surface area (TPSA) is 55.4 Å². The van der Waals surface area contributed by atoms with Gasteiger partial charge in [-0.15, -0.1) is 12.4 Å². The smallest absolute Gasteiger partial charge is 0.121 e. The number of benzene rings is 2. The van der Waals surface area contributed by atoms with Gasteiger partial charge in [0.15, 0.2) is 0 Å². The highest BCUT2D eigenvalue weighted by molar-refractivity contribution is 5.93. The van der Waals surface area contributed by atoms with Crippen molar-refractivity contribution in [2.45, 2.75) is 0 Å². The fourth-order valence-electron chi connectivity index (χ4n) is 2.50. The average molecular weight is 362 g/mol. The van der Waals surface area contributed by atoms with Gasteiger partial charge >= 0.3 is 0 Å². The molecule has 0 aliphatic carbocycles. The zero-order valence-electron chi connectivity index (χ0n) is 14.5. The van der Waals surface area contributed by atoms with Crippen LogP contribution >= 0.6 is 12.4 Å². The summed E-state index contributed by atoms with van der Waals surface area (Å²) in [5, 5.41) is 8.34. The molecule has 25 heavy (non-hydrogen) atoms. The van der Waals surface area contributed by atoms with Crippen LogP contribution in [0.4, 0.5) is 0 Å². The van der Waals surface area contributed by atoms with E-state index in [-0.39, 0.29) is 12.4 Å². The van der Waals surface area contributed by atoms with Gasteiger partial charge in [0.2, 0.25) is 0 Å². The lowest BCUT2D eigenvalue weighted by Gasteiger charge is -2.09. The van der Waals surface area contributed by atoms with E-state index in [1.54, 1.807) is 0 Å². The monoisotopic (exact) mass is 361 g/mol. The molecule has 0 aliphatic heterocycles. The molecule has 3 rings (SSSR count). The predicted molar refractivity (Wildman–Crippen MR) is 105 cm³/mol. The van der Waals surface area contributed by atoms with E-state index in [1.807, 2.05) is 50.5 Å². The van der Waals surface area contributed by atoms with Gasteiger partial charge in [-0.05, 0) is 44.4 Å². The van der Waals surface area contributed by atoms with Gasteiger partial charge in [0.25, 0.3) is 0 Å². The van der Waals surface area contributed by atoms with Crippen LogP contribution in [0, 0.1) is 0 Å². The Morgan fingerprint density at radius 2 is 1.24 bits per heavy atom. The number of rotatable bonds is 8. The third kappa shape index (κ3) is 4.95. The maximum absolute atomic E-state index is 5.72. The Labute approximate surface area is 154 Å². The lowest BCUT2D eigenvalue weighted by molar-refractivity contribution is 0.319. The molecule has 3 aromatic rings. The lowest BCUT2D eigenvalue weighted by atomic mass is 10.1. The molecule has 0 saturated heterocycles. The van der Waals surface area contributed by atoms with E-state index in [0.717, 1.165) is 46.4 Å². The van der Waals surface area contributed by atoms with Crippen molar-refractivity contribution in [3.05, 3.63) is 42.5 Å². The van der Waals surface area contributed by atoms with Crippen LogP contribution in [0.1, 0.15) is 0 Å². The van der Waals surface area contributed by atoms with Crippen molar-refractivity contribution in [1.82, 2.24) is 15.6 Å². The molecular formula is C19H24ClN3O2. The lowest BCUT2D eigenvalue weighted by Crippen LogP contribution is -2.15. The number of hydrogen-bond donors (Lipinski definition) is 2. The first-order valence-corrected chi connectivity index (χ1v) is 8.19. The molecule has 0 saturated carbocycles. The number of hydrogen-bond acceptors (Lipinski definition) is 5. The van der Waals surface area contributed by atoms with Crippen LogP contribution in [0.5, 0.6) is 11.5 Å². The van der Waals surface area contributed by atoms with Crippen LogP contribution in [0.25, 0.3) is 21.8 Å². The van der Waals surface area contributed by atoms with Gasteiger partial charge in [-0.3, -0.25) is 0 Å². The van der Waals surface area contributed by atoms with E-state index < -0.39 is 0 Å². The largest absolute Gasteiger partial charge is 0.492 e. The van der Waals surface area contributed by atoms with Crippen LogP contribution in [-0.4, -0.2) is 45.4 Å². The first-order valence-electron chi connectivity index (χ1n) is 8.19. The Bertz CT molecular complexity index is 761. The van der Waals surface area contributed by atoms with E-state index in [2.05, 4.69) is 16.7 Å². The highest BCUT2D eigenvalue weighted by atomic mass is 35.5.